The Kier molecular flexibility index (Phi) is 6.87. The van der Waals surface area contributed by atoms with Crippen LogP contribution in [0.25, 0.3) is 0 Å². The van der Waals surface area contributed by atoms with Crippen molar-refractivity contribution in [1.29, 1.82) is 0 Å². The largest absolute Gasteiger partial charge is 0.380 e. The minimum atomic E-state index is 0.0654. The van der Waals surface area contributed by atoms with Gasteiger partial charge in [0.05, 0.1) is 24.2 Å². The van der Waals surface area contributed by atoms with Crippen molar-refractivity contribution in [3.05, 3.63) is 17.0 Å². The number of halogens is 1. The van der Waals surface area contributed by atoms with Crippen LogP contribution in [0.15, 0.2) is 0 Å². The first-order valence-electron chi connectivity index (χ1n) is 7.23. The van der Waals surface area contributed by atoms with E-state index >= 15 is 0 Å². The van der Waals surface area contributed by atoms with Crippen molar-refractivity contribution >= 4 is 11.6 Å². The third kappa shape index (κ3) is 4.81. The van der Waals surface area contributed by atoms with E-state index in [-0.39, 0.29) is 5.38 Å². The van der Waals surface area contributed by atoms with Gasteiger partial charge in [-0.15, -0.1) is 11.6 Å². The zero-order valence-corrected chi connectivity index (χ0v) is 13.6. The molecule has 1 unspecified atom stereocenters. The molecule has 0 bridgehead atoms. The molecule has 0 amide bonds. The zero-order valence-electron chi connectivity index (χ0n) is 12.9. The molecule has 1 aromatic rings. The Balaban J connectivity index is 2.51. The number of hydrogen-bond acceptors (Lipinski definition) is 2. The van der Waals surface area contributed by atoms with E-state index in [4.69, 9.17) is 16.3 Å². The average molecular weight is 287 g/mol. The Morgan fingerprint density at radius 1 is 1.26 bits per heavy atom. The van der Waals surface area contributed by atoms with Crippen molar-refractivity contribution in [3.63, 3.8) is 0 Å². The molecule has 0 aromatic carbocycles. The van der Waals surface area contributed by atoms with E-state index in [0.29, 0.717) is 12.5 Å². The lowest BCUT2D eigenvalue weighted by atomic mass is 10.1. The molecule has 0 saturated carbocycles. The maximum absolute atomic E-state index is 6.35. The normalized spacial score (nSPS) is 13.2. The van der Waals surface area contributed by atoms with Gasteiger partial charge in [0.1, 0.15) is 0 Å². The van der Waals surface area contributed by atoms with Gasteiger partial charge in [0.2, 0.25) is 0 Å². The second-order valence-electron chi connectivity index (χ2n) is 5.48. The van der Waals surface area contributed by atoms with E-state index < -0.39 is 0 Å². The Labute approximate surface area is 122 Å². The Bertz CT molecular complexity index is 388. The molecule has 19 heavy (non-hydrogen) atoms. The van der Waals surface area contributed by atoms with Gasteiger partial charge in [-0.2, -0.15) is 5.10 Å². The number of nitrogens with zero attached hydrogens (tertiary/aromatic N) is 2. The van der Waals surface area contributed by atoms with Crippen molar-refractivity contribution in [3.8, 4) is 0 Å². The monoisotopic (exact) mass is 286 g/mol. The van der Waals surface area contributed by atoms with Crippen molar-refractivity contribution in [2.24, 2.45) is 5.92 Å². The fourth-order valence-electron chi connectivity index (χ4n) is 2.16. The van der Waals surface area contributed by atoms with Gasteiger partial charge in [0.25, 0.3) is 0 Å². The molecule has 1 heterocycles. The lowest BCUT2D eigenvalue weighted by Gasteiger charge is -2.09. The Hall–Kier alpha value is -0.540. The summed E-state index contributed by atoms with van der Waals surface area (Å²) in [5, 5.41) is 4.63. The quantitative estimate of drug-likeness (QED) is 0.527. The Morgan fingerprint density at radius 2 is 1.95 bits per heavy atom. The summed E-state index contributed by atoms with van der Waals surface area (Å²) in [6.45, 7) is 13.0. The highest BCUT2D eigenvalue weighted by molar-refractivity contribution is 6.20. The van der Waals surface area contributed by atoms with E-state index in [2.05, 4.69) is 32.8 Å². The van der Waals surface area contributed by atoms with Gasteiger partial charge in [-0.3, -0.25) is 4.68 Å². The molecule has 0 fully saturated rings. The lowest BCUT2D eigenvalue weighted by molar-refractivity contribution is 0.113. The van der Waals surface area contributed by atoms with Crippen LogP contribution in [0.1, 0.15) is 55.9 Å². The number of aryl methyl sites for hydroxylation is 1. The van der Waals surface area contributed by atoms with Gasteiger partial charge in [0.15, 0.2) is 0 Å². The highest BCUT2D eigenvalue weighted by Crippen LogP contribution is 2.29. The van der Waals surface area contributed by atoms with Gasteiger partial charge >= 0.3 is 0 Å². The highest BCUT2D eigenvalue weighted by atomic mass is 35.5. The molecular formula is C15H27ClN2O. The third-order valence-corrected chi connectivity index (χ3v) is 3.92. The van der Waals surface area contributed by atoms with Gasteiger partial charge in [-0.1, -0.05) is 20.8 Å². The van der Waals surface area contributed by atoms with Crippen LogP contribution in [0.3, 0.4) is 0 Å². The topological polar surface area (TPSA) is 27.1 Å². The summed E-state index contributed by atoms with van der Waals surface area (Å²) in [4.78, 5) is 0. The number of aromatic nitrogens is 2. The number of alkyl halides is 1. The zero-order chi connectivity index (χ0) is 14.4. The second kappa shape index (κ2) is 7.91. The third-order valence-electron chi connectivity index (χ3n) is 3.40. The molecule has 0 spiro atoms. The van der Waals surface area contributed by atoms with Crippen LogP contribution >= 0.6 is 11.6 Å². The molecule has 0 N–H and O–H groups in total. The smallest absolute Gasteiger partial charge is 0.0662 e. The first-order chi connectivity index (χ1) is 8.97. The second-order valence-corrected chi connectivity index (χ2v) is 6.01. The van der Waals surface area contributed by atoms with E-state index in [1.165, 1.54) is 11.3 Å². The van der Waals surface area contributed by atoms with Gasteiger partial charge in [-0.25, -0.2) is 0 Å². The van der Waals surface area contributed by atoms with E-state index in [1.807, 2.05) is 11.6 Å². The maximum Gasteiger partial charge on any atom is 0.0662 e. The molecule has 110 valence electrons. The average Bonchev–Trinajstić information content (AvgIpc) is 2.63. The maximum atomic E-state index is 6.35. The van der Waals surface area contributed by atoms with E-state index in [0.717, 1.165) is 31.7 Å². The fraction of sp³-hybridized carbons (Fsp3) is 0.800. The van der Waals surface area contributed by atoms with Crippen LogP contribution in [-0.2, 0) is 11.3 Å². The van der Waals surface area contributed by atoms with Crippen LogP contribution in [0.4, 0.5) is 0 Å². The molecule has 0 aliphatic heterocycles. The number of rotatable bonds is 8. The van der Waals surface area contributed by atoms with Gasteiger partial charge in [0, 0.05) is 17.9 Å². The molecule has 1 atom stereocenters. The van der Waals surface area contributed by atoms with Crippen LogP contribution in [-0.4, -0.2) is 23.0 Å². The summed E-state index contributed by atoms with van der Waals surface area (Å²) in [5.41, 5.74) is 3.40. The summed E-state index contributed by atoms with van der Waals surface area (Å²) in [6.07, 6.45) is 2.04. The molecule has 0 aliphatic rings. The van der Waals surface area contributed by atoms with Gasteiger partial charge < -0.3 is 4.74 Å². The van der Waals surface area contributed by atoms with Crippen molar-refractivity contribution in [2.45, 2.75) is 59.4 Å². The van der Waals surface area contributed by atoms with E-state index in [1.54, 1.807) is 0 Å². The first-order valence-corrected chi connectivity index (χ1v) is 7.66. The van der Waals surface area contributed by atoms with E-state index in [9.17, 15) is 0 Å². The lowest BCUT2D eigenvalue weighted by Crippen LogP contribution is -2.10. The molecule has 1 rings (SSSR count). The van der Waals surface area contributed by atoms with Crippen molar-refractivity contribution < 1.29 is 4.74 Å². The number of hydrogen-bond donors (Lipinski definition) is 0. The van der Waals surface area contributed by atoms with Crippen molar-refractivity contribution in [2.75, 3.05) is 13.2 Å². The summed E-state index contributed by atoms with van der Waals surface area (Å²) in [7, 11) is 0. The predicted molar refractivity (Wildman–Crippen MR) is 80.9 cm³/mol. The summed E-state index contributed by atoms with van der Waals surface area (Å²) in [5.74, 6) is 0.696. The summed E-state index contributed by atoms with van der Waals surface area (Å²) in [6, 6.07) is 0. The summed E-state index contributed by atoms with van der Waals surface area (Å²) < 4.78 is 7.66. The minimum Gasteiger partial charge on any atom is -0.380 e. The molecule has 4 heteroatoms. The fourth-order valence-corrected chi connectivity index (χ4v) is 2.47. The predicted octanol–water partition coefficient (Wildman–Crippen LogP) is 4.25. The Morgan fingerprint density at radius 3 is 2.53 bits per heavy atom. The van der Waals surface area contributed by atoms with Crippen LogP contribution in [0.5, 0.6) is 0 Å². The van der Waals surface area contributed by atoms with Crippen molar-refractivity contribution in [1.82, 2.24) is 9.78 Å². The molecule has 1 aromatic heterocycles. The SMILES string of the molecule is CCC(Cl)c1c(C)nn(CCOCCC(C)C)c1C. The summed E-state index contributed by atoms with van der Waals surface area (Å²) >= 11 is 6.35. The highest BCUT2D eigenvalue weighted by Gasteiger charge is 2.17. The standard InChI is InChI=1S/C15H27ClN2O/c1-6-14(16)15-12(4)17-18(13(15)5)8-10-19-9-7-11(2)3/h11,14H,6-10H2,1-5H3. The minimum absolute atomic E-state index is 0.0654. The van der Waals surface area contributed by atoms with Crippen LogP contribution in [0, 0.1) is 19.8 Å². The molecule has 0 aliphatic carbocycles. The molecular weight excluding hydrogens is 260 g/mol. The van der Waals surface area contributed by atoms with Crippen LogP contribution in [0.2, 0.25) is 0 Å². The van der Waals surface area contributed by atoms with Crippen LogP contribution < -0.4 is 0 Å². The molecule has 0 radical (unpaired) electrons. The number of ether oxygens (including phenoxy) is 1. The first kappa shape index (κ1) is 16.5. The molecule has 3 nitrogen and oxygen atoms in total. The molecule has 0 saturated heterocycles. The van der Waals surface area contributed by atoms with Gasteiger partial charge in [-0.05, 0) is 32.6 Å².